The van der Waals surface area contributed by atoms with Crippen molar-refractivity contribution in [2.45, 2.75) is 88.2 Å². The lowest BCUT2D eigenvalue weighted by atomic mass is 9.95. The summed E-state index contributed by atoms with van der Waals surface area (Å²) in [5, 5.41) is 45.2. The number of hydrogen-bond donors (Lipinski definition) is 5. The van der Waals surface area contributed by atoms with E-state index >= 15 is 0 Å². The Morgan fingerprint density at radius 3 is 1.61 bits per heavy atom. The number of aliphatic hydroxyl groups is 2. The molecule has 6 aliphatic rings. The van der Waals surface area contributed by atoms with E-state index in [0.717, 1.165) is 97.7 Å². The molecule has 395 valence electrons. The van der Waals surface area contributed by atoms with Crippen molar-refractivity contribution in [2.75, 3.05) is 39.3 Å². The Morgan fingerprint density at radius 1 is 0.671 bits per heavy atom. The first-order valence-corrected chi connectivity index (χ1v) is 25.9. The third-order valence-electron chi connectivity index (χ3n) is 14.0. The van der Waals surface area contributed by atoms with Crippen LogP contribution in [0.5, 0.6) is 11.5 Å². The minimum Gasteiger partial charge on any atom is -0.489 e. The van der Waals surface area contributed by atoms with Gasteiger partial charge in [0.05, 0.1) is 34.4 Å². The number of carboxylic acids is 1. The number of carbonyl (C=O) groups excluding carboxylic acids is 1. The number of oxime groups is 2. The van der Waals surface area contributed by atoms with Gasteiger partial charge in [-0.15, -0.1) is 0 Å². The highest BCUT2D eigenvalue weighted by Gasteiger charge is 2.33. The van der Waals surface area contributed by atoms with Crippen LogP contribution in [-0.2, 0) is 32.5 Å². The maximum Gasteiger partial charge on any atom is 0.358 e. The van der Waals surface area contributed by atoms with Crippen molar-refractivity contribution in [1.82, 2.24) is 15.1 Å². The molecule has 2 saturated carbocycles. The third-order valence-corrected chi connectivity index (χ3v) is 14.6. The fraction of sp³-hybridized carbons (Fsp3) is 0.357. The number of ether oxygens (including phenoxy) is 2. The molecule has 6 aromatic carbocycles. The zero-order valence-electron chi connectivity index (χ0n) is 41.3. The number of fused-ring (bicyclic) bond motifs is 6. The first kappa shape index (κ1) is 54.4. The summed E-state index contributed by atoms with van der Waals surface area (Å²) in [6.07, 6.45) is 5.38. The van der Waals surface area contributed by atoms with Crippen LogP contribution in [0, 0.1) is 11.6 Å². The number of nitrogens with zero attached hydrogens (tertiary/aromatic N) is 4. The van der Waals surface area contributed by atoms with Gasteiger partial charge in [-0.05, 0) is 146 Å². The average Bonchev–Trinajstić information content (AvgIpc) is 4.34. The van der Waals surface area contributed by atoms with E-state index in [0.29, 0.717) is 56.3 Å². The van der Waals surface area contributed by atoms with E-state index in [1.165, 1.54) is 30.7 Å². The molecule has 4 atom stereocenters. The van der Waals surface area contributed by atoms with Crippen LogP contribution >= 0.6 is 23.2 Å². The fourth-order valence-corrected chi connectivity index (χ4v) is 9.76. The number of amides is 1. The summed E-state index contributed by atoms with van der Waals surface area (Å²) in [5.74, 6) is -0.955. The molecule has 15 nitrogen and oxygen atoms in total. The number of nitrogens with one attached hydrogen (secondary N) is 1. The standard InChI is InChI=1S/C28H27ClFN3O4.C15H21ClN2O2.C13H8FNO3.B/c29-23-13-17(3-9-25(23)37-19-5-6-19)27(34)24(14-33-10-1-11-33)31-28(35)26-21-7-2-16-12-18(30)4-8-20(16)22(21)15-36-32-26;16-12-8-10(2-5-14(12)20-11-3-4-11)15(19)13(17)9-18-6-1-7-18;14-8-2-4-9-7(5-8)1-3-10-11(9)6-18-15-12(10)13(16)17;/h2-4,7-9,12-13,19,24,27,34H,1,5-6,10-11,14-15H2,(H,31,35);2,5,8,11,13,15,19H,1,3-4,6-7,9,17H2;1-5H,6H2,(H,16,17);/t24-,27-;13-,15-;;/m11../s1. The molecule has 12 rings (SSSR count). The SMILES string of the molecule is N[C@H](CN1CCC1)[C@H](O)c1ccc(OC2CC2)c(Cl)c1.O=C(N[C@H](CN1CCC1)[C@H](O)c1ccc(OC2CC2)c(Cl)c1)C1=NOCc2c1ccc1cc(F)ccc21.O=C(O)C1=NOCc2c1ccc1cc(F)ccc21.[B]. The Morgan fingerprint density at radius 2 is 1.14 bits per heavy atom. The Labute approximate surface area is 449 Å². The second kappa shape index (κ2) is 23.9. The summed E-state index contributed by atoms with van der Waals surface area (Å²) in [4.78, 5) is 39.3. The Kier molecular flexibility index (Phi) is 17.1. The zero-order chi connectivity index (χ0) is 52.3. The second-order valence-corrected chi connectivity index (χ2v) is 20.4. The van der Waals surface area contributed by atoms with Gasteiger partial charge in [0.25, 0.3) is 5.91 Å². The number of halogens is 4. The van der Waals surface area contributed by atoms with Crippen LogP contribution < -0.4 is 20.5 Å². The van der Waals surface area contributed by atoms with Crippen molar-refractivity contribution in [3.63, 3.8) is 0 Å². The lowest BCUT2D eigenvalue weighted by Gasteiger charge is -2.36. The van der Waals surface area contributed by atoms with Crippen molar-refractivity contribution in [3.8, 4) is 11.5 Å². The second-order valence-electron chi connectivity index (χ2n) is 19.6. The number of hydrogen-bond acceptors (Lipinski definition) is 13. The van der Waals surface area contributed by atoms with E-state index in [1.54, 1.807) is 60.7 Å². The topological polar surface area (TPSA) is 201 Å². The molecule has 0 unspecified atom stereocenters. The number of carbonyl (C=O) groups is 2. The molecule has 1 amide bonds. The van der Waals surface area contributed by atoms with E-state index < -0.39 is 30.1 Å². The van der Waals surface area contributed by atoms with Gasteiger partial charge in [-0.25, -0.2) is 13.6 Å². The van der Waals surface area contributed by atoms with Gasteiger partial charge in [-0.1, -0.05) is 82.0 Å². The number of rotatable bonds is 15. The van der Waals surface area contributed by atoms with Crippen LogP contribution in [0.1, 0.15) is 84.1 Å². The molecule has 4 aliphatic heterocycles. The summed E-state index contributed by atoms with van der Waals surface area (Å²) >= 11 is 12.6. The van der Waals surface area contributed by atoms with Gasteiger partial charge in [0.1, 0.15) is 42.5 Å². The van der Waals surface area contributed by atoms with Gasteiger partial charge >= 0.3 is 5.97 Å². The zero-order valence-corrected chi connectivity index (χ0v) is 42.9. The van der Waals surface area contributed by atoms with Crippen LogP contribution in [0.25, 0.3) is 21.5 Å². The lowest BCUT2D eigenvalue weighted by Crippen LogP contribution is -2.52. The van der Waals surface area contributed by atoms with Crippen LogP contribution in [0.3, 0.4) is 0 Å². The molecule has 20 heteroatoms. The predicted octanol–water partition coefficient (Wildman–Crippen LogP) is 8.20. The smallest absolute Gasteiger partial charge is 0.358 e. The number of aliphatic carboxylic acids is 1. The number of carboxylic acid groups (broad SMARTS) is 1. The van der Waals surface area contributed by atoms with Crippen LogP contribution in [0.15, 0.2) is 107 Å². The number of aliphatic hydroxyl groups excluding tert-OH is 2. The minimum atomic E-state index is -1.14. The van der Waals surface area contributed by atoms with Crippen LogP contribution in [0.2, 0.25) is 10.0 Å². The van der Waals surface area contributed by atoms with E-state index in [4.69, 9.17) is 53.2 Å². The summed E-state index contributed by atoms with van der Waals surface area (Å²) in [5.41, 5.74) is 10.1. The van der Waals surface area contributed by atoms with E-state index in [1.807, 2.05) is 12.1 Å². The number of likely N-dealkylation sites (tertiary alicyclic amines) is 2. The van der Waals surface area contributed by atoms with E-state index in [2.05, 4.69) is 25.4 Å². The van der Waals surface area contributed by atoms with Crippen molar-refractivity contribution in [2.24, 2.45) is 16.0 Å². The molecular weight excluding hydrogens is 1020 g/mol. The molecular formula is C56H56BCl2F2N6O9. The molecule has 6 N–H and O–H groups in total. The van der Waals surface area contributed by atoms with Crippen molar-refractivity contribution in [1.29, 1.82) is 0 Å². The third kappa shape index (κ3) is 12.7. The Balaban J connectivity index is 0.000000152. The maximum atomic E-state index is 13.7. The molecule has 4 heterocycles. The van der Waals surface area contributed by atoms with Gasteiger partial charge < -0.3 is 55.3 Å². The first-order valence-electron chi connectivity index (χ1n) is 25.1. The minimum absolute atomic E-state index is 0. The molecule has 0 aromatic heterocycles. The molecule has 3 radical (unpaired) electrons. The van der Waals surface area contributed by atoms with Crippen molar-refractivity contribution >= 4 is 76.5 Å². The normalized spacial score (nSPS) is 18.2. The lowest BCUT2D eigenvalue weighted by molar-refractivity contribution is -0.129. The van der Waals surface area contributed by atoms with Gasteiger partial charge in [0.2, 0.25) is 0 Å². The Hall–Kier alpha value is -6.38. The molecule has 0 bridgehead atoms. The van der Waals surface area contributed by atoms with E-state index in [9.17, 15) is 28.6 Å². The van der Waals surface area contributed by atoms with Crippen LogP contribution in [-0.4, -0.2) is 120 Å². The molecule has 4 fully saturated rings. The molecule has 2 saturated heterocycles. The monoisotopic (exact) mass is 1080 g/mol. The predicted molar refractivity (Wildman–Crippen MR) is 286 cm³/mol. The summed E-state index contributed by atoms with van der Waals surface area (Å²) < 4.78 is 38.3. The van der Waals surface area contributed by atoms with Crippen molar-refractivity contribution < 1.29 is 52.8 Å². The largest absolute Gasteiger partial charge is 0.489 e. The van der Waals surface area contributed by atoms with Gasteiger partial charge in [-0.3, -0.25) is 4.79 Å². The highest BCUT2D eigenvalue weighted by Crippen LogP contribution is 2.36. The van der Waals surface area contributed by atoms with Gasteiger partial charge in [0, 0.05) is 49.8 Å². The number of benzene rings is 6. The van der Waals surface area contributed by atoms with E-state index in [-0.39, 0.29) is 56.8 Å². The quantitative estimate of drug-likeness (QED) is 0.0619. The van der Waals surface area contributed by atoms with Crippen molar-refractivity contribution in [3.05, 3.63) is 152 Å². The Bertz CT molecular complexity index is 3190. The van der Waals surface area contributed by atoms with Gasteiger partial charge in [0.15, 0.2) is 11.4 Å². The average molecular weight is 1080 g/mol. The first-order chi connectivity index (χ1) is 36.3. The molecule has 6 aromatic rings. The molecule has 2 aliphatic carbocycles. The number of nitrogens with two attached hydrogens (primary N) is 1. The fourth-order valence-electron chi connectivity index (χ4n) is 9.29. The summed E-state index contributed by atoms with van der Waals surface area (Å²) in [6, 6.07) is 25.5. The summed E-state index contributed by atoms with van der Waals surface area (Å²) in [7, 11) is 0. The highest BCUT2D eigenvalue weighted by molar-refractivity contribution is 6.46. The molecule has 76 heavy (non-hydrogen) atoms. The van der Waals surface area contributed by atoms with Gasteiger partial charge in [-0.2, -0.15) is 0 Å². The highest BCUT2D eigenvalue weighted by atomic mass is 35.5. The molecule has 0 spiro atoms. The summed E-state index contributed by atoms with van der Waals surface area (Å²) in [6.45, 7) is 5.54. The maximum absolute atomic E-state index is 13.7. The van der Waals surface area contributed by atoms with Crippen LogP contribution in [0.4, 0.5) is 8.78 Å².